The zero-order chi connectivity index (χ0) is 16.5. The van der Waals surface area contributed by atoms with Crippen molar-refractivity contribution < 1.29 is 9.47 Å². The number of rotatable bonds is 9. The van der Waals surface area contributed by atoms with Crippen LogP contribution in [-0.2, 0) is 0 Å². The largest absolute Gasteiger partial charge is 0.490 e. The van der Waals surface area contributed by atoms with Crippen LogP contribution in [0.15, 0.2) is 73.8 Å². The average Bonchev–Trinajstić information content (AvgIpc) is 2.61. The van der Waals surface area contributed by atoms with Gasteiger partial charge in [-0.1, -0.05) is 56.5 Å². The molecule has 0 saturated carbocycles. The van der Waals surface area contributed by atoms with Crippen molar-refractivity contribution in [2.24, 2.45) is 0 Å². The van der Waals surface area contributed by atoms with Crippen molar-refractivity contribution in [3.05, 3.63) is 85.0 Å². The molecule has 120 valence electrons. The van der Waals surface area contributed by atoms with Gasteiger partial charge in [0.05, 0.1) is 0 Å². The van der Waals surface area contributed by atoms with Crippen molar-refractivity contribution in [1.82, 2.24) is 0 Å². The third-order valence-corrected chi connectivity index (χ3v) is 3.71. The number of ether oxygens (including phenoxy) is 2. The Labute approximate surface area is 139 Å². The van der Waals surface area contributed by atoms with E-state index in [1.165, 1.54) is 11.1 Å². The Morgan fingerprint density at radius 3 is 1.48 bits per heavy atom. The second kappa shape index (κ2) is 8.84. The summed E-state index contributed by atoms with van der Waals surface area (Å²) >= 11 is 0. The first kappa shape index (κ1) is 16.9. The second-order valence-corrected chi connectivity index (χ2v) is 5.30. The topological polar surface area (TPSA) is 18.5 Å². The van der Waals surface area contributed by atoms with Crippen molar-refractivity contribution in [3.63, 3.8) is 0 Å². The van der Waals surface area contributed by atoms with E-state index in [2.05, 4.69) is 44.3 Å². The van der Waals surface area contributed by atoms with Crippen LogP contribution >= 0.6 is 0 Å². The molecule has 23 heavy (non-hydrogen) atoms. The summed E-state index contributed by atoms with van der Waals surface area (Å²) < 4.78 is 11.1. The summed E-state index contributed by atoms with van der Waals surface area (Å²) in [5.74, 6) is 2.12. The molecule has 0 fully saturated rings. The lowest BCUT2D eigenvalue weighted by molar-refractivity contribution is 0.363. The van der Waals surface area contributed by atoms with Crippen LogP contribution in [0.2, 0.25) is 0 Å². The minimum atomic E-state index is 0.372. The Balaban J connectivity index is 2.11. The van der Waals surface area contributed by atoms with Crippen LogP contribution < -0.4 is 9.47 Å². The minimum absolute atomic E-state index is 0.372. The third kappa shape index (κ3) is 4.75. The lowest BCUT2D eigenvalue weighted by atomic mass is 9.89. The molecular weight excluding hydrogens is 284 g/mol. The molecule has 0 radical (unpaired) electrons. The van der Waals surface area contributed by atoms with Crippen molar-refractivity contribution in [2.75, 3.05) is 13.2 Å². The van der Waals surface area contributed by atoms with Crippen molar-refractivity contribution in [3.8, 4) is 11.5 Å². The number of hydrogen-bond acceptors (Lipinski definition) is 2. The van der Waals surface area contributed by atoms with E-state index in [1.54, 1.807) is 12.2 Å². The molecule has 0 heterocycles. The molecule has 0 spiro atoms. The average molecular weight is 308 g/mol. The van der Waals surface area contributed by atoms with Gasteiger partial charge in [-0.3, -0.25) is 0 Å². The van der Waals surface area contributed by atoms with Crippen LogP contribution in [0.25, 0.3) is 0 Å². The molecule has 2 nitrogen and oxygen atoms in total. The Hall–Kier alpha value is -2.48. The van der Waals surface area contributed by atoms with Crippen molar-refractivity contribution in [1.29, 1.82) is 0 Å². The molecule has 0 aliphatic rings. The van der Waals surface area contributed by atoms with Crippen LogP contribution in [0.1, 0.15) is 30.4 Å². The first-order chi connectivity index (χ1) is 11.3. The molecule has 2 heteroatoms. The standard InChI is InChI=1S/C21H24O2/c1-4-15-22-19-11-7-17(8-12-19)21(6-3)18-9-13-20(14-10-18)23-16-5-2/h4-5,7-14,21H,1-2,6,15-16H2,3H3. The van der Waals surface area contributed by atoms with E-state index in [9.17, 15) is 0 Å². The first-order valence-corrected chi connectivity index (χ1v) is 7.95. The zero-order valence-corrected chi connectivity index (χ0v) is 13.7. The SMILES string of the molecule is C=CCOc1ccc(C(CC)c2ccc(OCC=C)cc2)cc1. The summed E-state index contributed by atoms with van der Waals surface area (Å²) in [6, 6.07) is 16.6. The molecule has 0 amide bonds. The summed E-state index contributed by atoms with van der Waals surface area (Å²) in [7, 11) is 0. The molecule has 2 aromatic carbocycles. The molecule has 0 saturated heterocycles. The van der Waals surface area contributed by atoms with Gasteiger partial charge in [0.1, 0.15) is 24.7 Å². The lowest BCUT2D eigenvalue weighted by Gasteiger charge is -2.17. The molecule has 0 bridgehead atoms. The molecule has 2 aromatic rings. The van der Waals surface area contributed by atoms with Crippen LogP contribution in [0.4, 0.5) is 0 Å². The number of benzene rings is 2. The molecule has 2 rings (SSSR count). The second-order valence-electron chi connectivity index (χ2n) is 5.30. The van der Waals surface area contributed by atoms with Gasteiger partial charge in [0.25, 0.3) is 0 Å². The van der Waals surface area contributed by atoms with E-state index in [-0.39, 0.29) is 0 Å². The Bertz CT molecular complexity index is 556. The van der Waals surface area contributed by atoms with Gasteiger partial charge in [-0.2, -0.15) is 0 Å². The van der Waals surface area contributed by atoms with Gasteiger partial charge in [-0.05, 0) is 41.8 Å². The maximum Gasteiger partial charge on any atom is 0.119 e. The normalized spacial score (nSPS) is 10.3. The van der Waals surface area contributed by atoms with Crippen molar-refractivity contribution in [2.45, 2.75) is 19.3 Å². The third-order valence-electron chi connectivity index (χ3n) is 3.71. The van der Waals surface area contributed by atoms with Gasteiger partial charge in [0, 0.05) is 5.92 Å². The monoisotopic (exact) mass is 308 g/mol. The van der Waals surface area contributed by atoms with Crippen LogP contribution in [-0.4, -0.2) is 13.2 Å². The van der Waals surface area contributed by atoms with Crippen LogP contribution in [0.5, 0.6) is 11.5 Å². The summed E-state index contributed by atoms with van der Waals surface area (Å²) in [6.45, 7) is 10.6. The zero-order valence-electron chi connectivity index (χ0n) is 13.7. The minimum Gasteiger partial charge on any atom is -0.490 e. The van der Waals surface area contributed by atoms with Gasteiger partial charge in [0.2, 0.25) is 0 Å². The summed E-state index contributed by atoms with van der Waals surface area (Å²) in [4.78, 5) is 0. The Morgan fingerprint density at radius 2 is 1.17 bits per heavy atom. The summed E-state index contributed by atoms with van der Waals surface area (Å²) in [5.41, 5.74) is 2.58. The van der Waals surface area contributed by atoms with Gasteiger partial charge >= 0.3 is 0 Å². The fourth-order valence-corrected chi connectivity index (χ4v) is 2.57. The smallest absolute Gasteiger partial charge is 0.119 e. The van der Waals surface area contributed by atoms with Gasteiger partial charge < -0.3 is 9.47 Å². The van der Waals surface area contributed by atoms with Gasteiger partial charge in [-0.25, -0.2) is 0 Å². The highest BCUT2D eigenvalue weighted by Gasteiger charge is 2.12. The molecule has 0 unspecified atom stereocenters. The quantitative estimate of drug-likeness (QED) is 0.581. The first-order valence-electron chi connectivity index (χ1n) is 7.95. The van der Waals surface area contributed by atoms with E-state index in [4.69, 9.17) is 9.47 Å². The van der Waals surface area contributed by atoms with E-state index < -0.39 is 0 Å². The maximum atomic E-state index is 5.54. The summed E-state index contributed by atoms with van der Waals surface area (Å²) in [5, 5.41) is 0. The highest BCUT2D eigenvalue weighted by molar-refractivity contribution is 5.38. The maximum absolute atomic E-state index is 5.54. The predicted molar refractivity (Wildman–Crippen MR) is 96.4 cm³/mol. The predicted octanol–water partition coefficient (Wildman–Crippen LogP) is 5.36. The molecule has 0 N–H and O–H groups in total. The van der Waals surface area contributed by atoms with Gasteiger partial charge in [-0.15, -0.1) is 0 Å². The van der Waals surface area contributed by atoms with E-state index in [1.807, 2.05) is 24.3 Å². The fraction of sp³-hybridized carbons (Fsp3) is 0.238. The van der Waals surface area contributed by atoms with E-state index in [0.717, 1.165) is 17.9 Å². The van der Waals surface area contributed by atoms with E-state index >= 15 is 0 Å². The Morgan fingerprint density at radius 1 is 0.783 bits per heavy atom. The van der Waals surface area contributed by atoms with E-state index in [0.29, 0.717) is 19.1 Å². The molecule has 0 aromatic heterocycles. The highest BCUT2D eigenvalue weighted by Crippen LogP contribution is 2.30. The van der Waals surface area contributed by atoms with Crippen LogP contribution in [0, 0.1) is 0 Å². The molecular formula is C21H24O2. The molecule has 0 aliphatic carbocycles. The lowest BCUT2D eigenvalue weighted by Crippen LogP contribution is -2.01. The molecule has 0 atom stereocenters. The Kier molecular flexibility index (Phi) is 6.49. The van der Waals surface area contributed by atoms with Gasteiger partial charge in [0.15, 0.2) is 0 Å². The fourth-order valence-electron chi connectivity index (χ4n) is 2.57. The molecule has 0 aliphatic heterocycles. The van der Waals surface area contributed by atoms with Crippen molar-refractivity contribution >= 4 is 0 Å². The summed E-state index contributed by atoms with van der Waals surface area (Å²) in [6.07, 6.45) is 4.54. The van der Waals surface area contributed by atoms with Crippen LogP contribution in [0.3, 0.4) is 0 Å². The number of hydrogen-bond donors (Lipinski definition) is 0. The highest BCUT2D eigenvalue weighted by atomic mass is 16.5.